The van der Waals surface area contributed by atoms with Crippen LogP contribution in [-0.4, -0.2) is 35.0 Å². The highest BCUT2D eigenvalue weighted by Crippen LogP contribution is 2.31. The summed E-state index contributed by atoms with van der Waals surface area (Å²) in [6.07, 6.45) is 2.32. The Kier molecular flexibility index (Phi) is 4.24. The van der Waals surface area contributed by atoms with Gasteiger partial charge in [0.1, 0.15) is 0 Å². The van der Waals surface area contributed by atoms with Crippen molar-refractivity contribution in [3.63, 3.8) is 0 Å². The lowest BCUT2D eigenvalue weighted by Gasteiger charge is -2.22. The van der Waals surface area contributed by atoms with Crippen LogP contribution in [0.1, 0.15) is 40.1 Å². The molecule has 1 heterocycles. The van der Waals surface area contributed by atoms with E-state index >= 15 is 0 Å². The number of rotatable bonds is 6. The van der Waals surface area contributed by atoms with Gasteiger partial charge in [-0.1, -0.05) is 0 Å². The number of nitrogens with zero attached hydrogens (tertiary/aromatic N) is 1. The zero-order valence-electron chi connectivity index (χ0n) is 11.3. The Morgan fingerprint density at radius 2 is 2.11 bits per heavy atom. The molecular weight excluding hydrogens is 262 g/mol. The molecule has 0 spiro atoms. The molecule has 5 heteroatoms. The number of carbonyl (C=O) groups excluding carboxylic acids is 1. The average molecular weight is 281 g/mol. The lowest BCUT2D eigenvalue weighted by molar-refractivity contribution is -0.137. The fourth-order valence-electron chi connectivity index (χ4n) is 2.01. The summed E-state index contributed by atoms with van der Waals surface area (Å²) >= 11 is 1.57. The summed E-state index contributed by atoms with van der Waals surface area (Å²) in [7, 11) is 0. The highest BCUT2D eigenvalue weighted by Gasteiger charge is 2.28. The van der Waals surface area contributed by atoms with Gasteiger partial charge in [0.2, 0.25) is 0 Å². The predicted octanol–water partition coefficient (Wildman–Crippen LogP) is 2.69. The maximum Gasteiger partial charge on any atom is 0.305 e. The number of carboxylic acid groups (broad SMARTS) is 1. The minimum atomic E-state index is -0.855. The molecule has 0 saturated heterocycles. The third-order valence-electron chi connectivity index (χ3n) is 3.57. The zero-order chi connectivity index (χ0) is 14.0. The number of carbonyl (C=O) groups is 2. The van der Waals surface area contributed by atoms with Crippen LogP contribution in [0.5, 0.6) is 0 Å². The molecule has 4 nitrogen and oxygen atoms in total. The van der Waals surface area contributed by atoms with E-state index in [1.165, 1.54) is 0 Å². The van der Waals surface area contributed by atoms with Crippen molar-refractivity contribution in [2.75, 3.05) is 13.1 Å². The normalized spacial score (nSPS) is 14.4. The smallest absolute Gasteiger partial charge is 0.305 e. The molecule has 104 valence electrons. The molecule has 19 heavy (non-hydrogen) atoms. The molecule has 0 unspecified atom stereocenters. The Morgan fingerprint density at radius 1 is 1.42 bits per heavy atom. The van der Waals surface area contributed by atoms with Crippen molar-refractivity contribution in [1.82, 2.24) is 4.90 Å². The monoisotopic (exact) mass is 281 g/mol. The van der Waals surface area contributed by atoms with E-state index in [2.05, 4.69) is 0 Å². The summed E-state index contributed by atoms with van der Waals surface area (Å²) < 4.78 is 0. The number of aryl methyl sites for hydroxylation is 1. The van der Waals surface area contributed by atoms with Gasteiger partial charge in [0.15, 0.2) is 0 Å². The van der Waals surface area contributed by atoms with Gasteiger partial charge in [0.25, 0.3) is 5.91 Å². The Morgan fingerprint density at radius 3 is 2.58 bits per heavy atom. The topological polar surface area (TPSA) is 57.6 Å². The number of carboxylic acids is 1. The van der Waals surface area contributed by atoms with Crippen molar-refractivity contribution >= 4 is 23.2 Å². The fraction of sp³-hybridized carbons (Fsp3) is 0.571. The van der Waals surface area contributed by atoms with Gasteiger partial charge in [0.05, 0.1) is 12.0 Å². The van der Waals surface area contributed by atoms with Gasteiger partial charge < -0.3 is 10.0 Å². The summed E-state index contributed by atoms with van der Waals surface area (Å²) in [5.41, 5.74) is 1.75. The molecule has 1 N–H and O–H groups in total. The highest BCUT2D eigenvalue weighted by molar-refractivity contribution is 7.10. The van der Waals surface area contributed by atoms with Crippen LogP contribution in [0.25, 0.3) is 0 Å². The van der Waals surface area contributed by atoms with E-state index in [9.17, 15) is 9.59 Å². The van der Waals surface area contributed by atoms with Crippen molar-refractivity contribution < 1.29 is 14.7 Å². The number of hydrogen-bond acceptors (Lipinski definition) is 3. The molecule has 1 aromatic rings. The minimum Gasteiger partial charge on any atom is -0.481 e. The van der Waals surface area contributed by atoms with Crippen LogP contribution in [0.2, 0.25) is 0 Å². The SMILES string of the molecule is Cc1scc(C(=O)N(CCC(=O)O)CC2CC2)c1C. The van der Waals surface area contributed by atoms with E-state index in [4.69, 9.17) is 5.11 Å². The van der Waals surface area contributed by atoms with Gasteiger partial charge in [-0.2, -0.15) is 0 Å². The molecule has 1 aliphatic carbocycles. The Bertz CT molecular complexity index is 491. The summed E-state index contributed by atoms with van der Waals surface area (Å²) in [5, 5.41) is 10.7. The van der Waals surface area contributed by atoms with Gasteiger partial charge in [-0.05, 0) is 38.2 Å². The molecule has 0 bridgehead atoms. The number of aliphatic carboxylic acids is 1. The van der Waals surface area contributed by atoms with E-state index in [1.807, 2.05) is 19.2 Å². The molecular formula is C14H19NO3S. The minimum absolute atomic E-state index is 0.0145. The van der Waals surface area contributed by atoms with Gasteiger partial charge in [0, 0.05) is 23.3 Å². The zero-order valence-corrected chi connectivity index (χ0v) is 12.1. The van der Waals surface area contributed by atoms with E-state index in [0.29, 0.717) is 19.0 Å². The van der Waals surface area contributed by atoms with E-state index in [0.717, 1.165) is 28.8 Å². The van der Waals surface area contributed by atoms with Gasteiger partial charge in [-0.15, -0.1) is 11.3 Å². The third-order valence-corrected chi connectivity index (χ3v) is 4.59. The summed E-state index contributed by atoms with van der Waals surface area (Å²) in [6, 6.07) is 0. The second-order valence-corrected chi connectivity index (χ2v) is 6.25. The number of amides is 1. The van der Waals surface area contributed by atoms with E-state index in [-0.39, 0.29) is 12.3 Å². The molecule has 1 amide bonds. The van der Waals surface area contributed by atoms with Gasteiger partial charge in [-0.25, -0.2) is 0 Å². The quantitative estimate of drug-likeness (QED) is 0.872. The van der Waals surface area contributed by atoms with Crippen molar-refractivity contribution in [2.45, 2.75) is 33.1 Å². The van der Waals surface area contributed by atoms with Crippen LogP contribution in [0.4, 0.5) is 0 Å². The molecule has 1 aliphatic rings. The first kappa shape index (κ1) is 14.1. The first-order chi connectivity index (χ1) is 8.99. The highest BCUT2D eigenvalue weighted by atomic mass is 32.1. The van der Waals surface area contributed by atoms with Crippen LogP contribution in [0.3, 0.4) is 0 Å². The van der Waals surface area contributed by atoms with Crippen molar-refractivity contribution in [3.05, 3.63) is 21.4 Å². The maximum absolute atomic E-state index is 12.5. The number of hydrogen-bond donors (Lipinski definition) is 1. The van der Waals surface area contributed by atoms with Gasteiger partial charge >= 0.3 is 5.97 Å². The van der Waals surface area contributed by atoms with Crippen LogP contribution >= 0.6 is 11.3 Å². The third kappa shape index (κ3) is 3.56. The molecule has 1 fully saturated rings. The second-order valence-electron chi connectivity index (χ2n) is 5.17. The lowest BCUT2D eigenvalue weighted by atomic mass is 10.1. The van der Waals surface area contributed by atoms with Crippen LogP contribution in [-0.2, 0) is 4.79 Å². The molecule has 1 aromatic heterocycles. The fourth-order valence-corrected chi connectivity index (χ4v) is 2.87. The molecule has 0 radical (unpaired) electrons. The first-order valence-electron chi connectivity index (χ1n) is 6.54. The standard InChI is InChI=1S/C14H19NO3S/c1-9-10(2)19-8-12(9)14(18)15(6-5-13(16)17)7-11-3-4-11/h8,11H,3-7H2,1-2H3,(H,16,17). The molecule has 1 saturated carbocycles. The van der Waals surface area contributed by atoms with Crippen LogP contribution in [0, 0.1) is 19.8 Å². The average Bonchev–Trinajstić information content (AvgIpc) is 3.11. The van der Waals surface area contributed by atoms with Crippen LogP contribution < -0.4 is 0 Å². The van der Waals surface area contributed by atoms with Crippen LogP contribution in [0.15, 0.2) is 5.38 Å². The lowest BCUT2D eigenvalue weighted by Crippen LogP contribution is -2.35. The molecule has 0 aliphatic heterocycles. The summed E-state index contributed by atoms with van der Waals surface area (Å²) in [6.45, 7) is 4.95. The molecule has 2 rings (SSSR count). The Hall–Kier alpha value is -1.36. The Labute approximate surface area is 117 Å². The summed E-state index contributed by atoms with van der Waals surface area (Å²) in [4.78, 5) is 26.0. The van der Waals surface area contributed by atoms with E-state index in [1.54, 1.807) is 16.2 Å². The van der Waals surface area contributed by atoms with Crippen molar-refractivity contribution in [3.8, 4) is 0 Å². The first-order valence-corrected chi connectivity index (χ1v) is 7.42. The van der Waals surface area contributed by atoms with Gasteiger partial charge in [-0.3, -0.25) is 9.59 Å². The number of thiophene rings is 1. The summed E-state index contributed by atoms with van der Waals surface area (Å²) in [5.74, 6) is -0.306. The molecule has 0 atom stereocenters. The largest absolute Gasteiger partial charge is 0.481 e. The van der Waals surface area contributed by atoms with Crippen molar-refractivity contribution in [1.29, 1.82) is 0 Å². The second kappa shape index (κ2) is 5.74. The molecule has 0 aromatic carbocycles. The maximum atomic E-state index is 12.5. The van der Waals surface area contributed by atoms with E-state index < -0.39 is 5.97 Å². The van der Waals surface area contributed by atoms with Crippen molar-refractivity contribution in [2.24, 2.45) is 5.92 Å². The predicted molar refractivity (Wildman–Crippen MR) is 74.7 cm³/mol. The Balaban J connectivity index is 2.09.